The number of likely N-dealkylation sites (tertiary alicyclic amines) is 1. The Balaban J connectivity index is 2.37. The predicted molar refractivity (Wildman–Crippen MR) is 50.1 cm³/mol. The smallest absolute Gasteiger partial charge is 0.302 e. The molecular weight excluding hydrogens is 205 g/mol. The highest BCUT2D eigenvalue weighted by atomic mass is 19.4. The molecule has 15 heavy (non-hydrogen) atoms. The average molecular weight is 220 g/mol. The van der Waals surface area contributed by atoms with Gasteiger partial charge in [0, 0.05) is 13.1 Å². The molecule has 0 aromatic heterocycles. The lowest BCUT2D eigenvalue weighted by atomic mass is 10.1. The number of hydrogen-bond acceptors (Lipinski definition) is 2. The summed E-state index contributed by atoms with van der Waals surface area (Å²) in [6.45, 7) is 1.21. The fourth-order valence-corrected chi connectivity index (χ4v) is 1.81. The molecule has 1 rings (SSSR count). The van der Waals surface area contributed by atoms with Crippen molar-refractivity contribution in [2.45, 2.75) is 31.9 Å². The van der Waals surface area contributed by atoms with E-state index in [1.54, 1.807) is 4.90 Å². The van der Waals surface area contributed by atoms with Crippen molar-refractivity contribution in [3.05, 3.63) is 0 Å². The van der Waals surface area contributed by atoms with Crippen molar-refractivity contribution in [2.24, 2.45) is 5.92 Å². The van der Waals surface area contributed by atoms with Crippen LogP contribution in [0.25, 0.3) is 0 Å². The van der Waals surface area contributed by atoms with Crippen molar-refractivity contribution < 1.29 is 13.2 Å². The lowest BCUT2D eigenvalue weighted by molar-refractivity contribution is -0.138. The summed E-state index contributed by atoms with van der Waals surface area (Å²) in [6, 6.07) is 2.15. The lowest BCUT2D eigenvalue weighted by Gasteiger charge is -2.21. The van der Waals surface area contributed by atoms with E-state index >= 15 is 0 Å². The van der Waals surface area contributed by atoms with Crippen molar-refractivity contribution in [3.8, 4) is 6.07 Å². The molecule has 1 aliphatic heterocycles. The Kier molecular flexibility index (Phi) is 4.40. The maximum atomic E-state index is 12.0. The monoisotopic (exact) mass is 220 g/mol. The third kappa shape index (κ3) is 5.03. The molecule has 1 heterocycles. The van der Waals surface area contributed by atoms with E-state index in [-0.39, 0.29) is 12.5 Å². The zero-order valence-electron chi connectivity index (χ0n) is 8.56. The highest BCUT2D eigenvalue weighted by Crippen LogP contribution is 2.22. The maximum Gasteiger partial charge on any atom is 0.390 e. The van der Waals surface area contributed by atoms with Crippen LogP contribution in [0.1, 0.15) is 25.7 Å². The summed E-state index contributed by atoms with van der Waals surface area (Å²) >= 11 is 0. The molecule has 0 amide bonds. The van der Waals surface area contributed by atoms with Gasteiger partial charge in [0.05, 0.1) is 18.4 Å². The van der Waals surface area contributed by atoms with Gasteiger partial charge in [0.25, 0.3) is 0 Å². The minimum Gasteiger partial charge on any atom is -0.302 e. The molecule has 1 fully saturated rings. The third-order valence-electron chi connectivity index (χ3n) is 2.65. The van der Waals surface area contributed by atoms with E-state index in [4.69, 9.17) is 5.26 Å². The Morgan fingerprint density at radius 3 is 2.67 bits per heavy atom. The van der Waals surface area contributed by atoms with Crippen LogP contribution in [0.5, 0.6) is 0 Å². The van der Waals surface area contributed by atoms with Crippen molar-refractivity contribution in [1.29, 1.82) is 5.26 Å². The first-order valence-corrected chi connectivity index (χ1v) is 5.20. The Hall–Kier alpha value is -0.760. The van der Waals surface area contributed by atoms with Crippen molar-refractivity contribution >= 4 is 0 Å². The zero-order valence-corrected chi connectivity index (χ0v) is 8.56. The summed E-state index contributed by atoms with van der Waals surface area (Å²) in [5.41, 5.74) is 0. The topological polar surface area (TPSA) is 27.0 Å². The summed E-state index contributed by atoms with van der Waals surface area (Å²) in [4.78, 5) is 1.76. The summed E-state index contributed by atoms with van der Waals surface area (Å²) in [5, 5.41) is 8.76. The van der Waals surface area contributed by atoms with Crippen LogP contribution >= 0.6 is 0 Å². The van der Waals surface area contributed by atoms with E-state index in [0.717, 1.165) is 19.3 Å². The van der Waals surface area contributed by atoms with Gasteiger partial charge in [0.15, 0.2) is 0 Å². The molecule has 0 aromatic rings. The van der Waals surface area contributed by atoms with Gasteiger partial charge in [-0.25, -0.2) is 0 Å². The first-order chi connectivity index (χ1) is 7.01. The Labute approximate surface area is 87.7 Å². The molecule has 1 unspecified atom stereocenters. The number of hydrogen-bond donors (Lipinski definition) is 0. The molecule has 0 saturated carbocycles. The average Bonchev–Trinajstić information content (AvgIpc) is 2.38. The highest BCUT2D eigenvalue weighted by Gasteiger charge is 2.28. The molecule has 0 N–H and O–H groups in total. The van der Waals surface area contributed by atoms with Crippen LogP contribution in [0.4, 0.5) is 13.2 Å². The lowest BCUT2D eigenvalue weighted by Crippen LogP contribution is -2.31. The van der Waals surface area contributed by atoms with Gasteiger partial charge in [-0.05, 0) is 19.4 Å². The van der Waals surface area contributed by atoms with Gasteiger partial charge in [0.1, 0.15) is 0 Å². The molecule has 2 nitrogen and oxygen atoms in total. The normalized spacial score (nSPS) is 24.5. The Morgan fingerprint density at radius 1 is 1.33 bits per heavy atom. The van der Waals surface area contributed by atoms with E-state index in [2.05, 4.69) is 6.07 Å². The number of alkyl halides is 3. The van der Waals surface area contributed by atoms with Gasteiger partial charge >= 0.3 is 6.18 Å². The quantitative estimate of drug-likeness (QED) is 0.715. The maximum absolute atomic E-state index is 12.0. The number of nitrogens with zero attached hydrogens (tertiary/aromatic N) is 2. The van der Waals surface area contributed by atoms with Gasteiger partial charge in [-0.15, -0.1) is 0 Å². The van der Waals surface area contributed by atoms with Gasteiger partial charge in [-0.2, -0.15) is 18.4 Å². The molecule has 0 aliphatic carbocycles. The minimum atomic E-state index is -4.09. The summed E-state index contributed by atoms with van der Waals surface area (Å²) in [5.74, 6) is -0.0965. The third-order valence-corrected chi connectivity index (χ3v) is 2.65. The van der Waals surface area contributed by atoms with Gasteiger partial charge in [-0.3, -0.25) is 0 Å². The fourth-order valence-electron chi connectivity index (χ4n) is 1.81. The first kappa shape index (κ1) is 12.3. The van der Waals surface area contributed by atoms with E-state index in [9.17, 15) is 13.2 Å². The van der Waals surface area contributed by atoms with Crippen LogP contribution in [0, 0.1) is 17.2 Å². The molecular formula is C10H15F3N2. The highest BCUT2D eigenvalue weighted by molar-refractivity contribution is 4.87. The molecule has 0 radical (unpaired) electrons. The van der Waals surface area contributed by atoms with E-state index < -0.39 is 12.6 Å². The second-order valence-corrected chi connectivity index (χ2v) is 3.99. The molecule has 0 aromatic carbocycles. The molecule has 0 spiro atoms. The first-order valence-electron chi connectivity index (χ1n) is 5.20. The predicted octanol–water partition coefficient (Wildman–Crippen LogP) is 2.56. The number of rotatable bonds is 2. The second kappa shape index (κ2) is 5.36. The van der Waals surface area contributed by atoms with Gasteiger partial charge in [0.2, 0.25) is 0 Å². The van der Waals surface area contributed by atoms with Gasteiger partial charge < -0.3 is 4.90 Å². The molecule has 0 bridgehead atoms. The van der Waals surface area contributed by atoms with Crippen molar-refractivity contribution in [3.63, 3.8) is 0 Å². The minimum absolute atomic E-state index is 0.0294. The Bertz CT molecular complexity index is 232. The SMILES string of the molecule is N#CC1CCCCN(CCC(F)(F)F)C1. The molecule has 86 valence electrons. The molecule has 1 aliphatic rings. The molecule has 1 saturated heterocycles. The molecule has 1 atom stereocenters. The number of halogens is 3. The van der Waals surface area contributed by atoms with Crippen LogP contribution in [0.2, 0.25) is 0 Å². The Morgan fingerprint density at radius 2 is 2.07 bits per heavy atom. The van der Waals surface area contributed by atoms with Gasteiger partial charge in [-0.1, -0.05) is 6.42 Å². The zero-order chi connectivity index (χ0) is 11.3. The van der Waals surface area contributed by atoms with Crippen molar-refractivity contribution in [1.82, 2.24) is 4.90 Å². The summed E-state index contributed by atoms with van der Waals surface area (Å²) < 4.78 is 36.0. The van der Waals surface area contributed by atoms with Crippen LogP contribution in [0.3, 0.4) is 0 Å². The molecule has 5 heteroatoms. The van der Waals surface area contributed by atoms with E-state index in [0.29, 0.717) is 13.1 Å². The van der Waals surface area contributed by atoms with Crippen molar-refractivity contribution in [2.75, 3.05) is 19.6 Å². The van der Waals surface area contributed by atoms with Crippen LogP contribution in [-0.2, 0) is 0 Å². The van der Waals surface area contributed by atoms with Crippen LogP contribution in [-0.4, -0.2) is 30.7 Å². The van der Waals surface area contributed by atoms with Crippen LogP contribution in [0.15, 0.2) is 0 Å². The number of nitriles is 1. The largest absolute Gasteiger partial charge is 0.390 e. The second-order valence-electron chi connectivity index (χ2n) is 3.99. The summed E-state index contributed by atoms with van der Waals surface area (Å²) in [6.07, 6.45) is -2.20. The van der Waals surface area contributed by atoms with Crippen LogP contribution < -0.4 is 0 Å². The fraction of sp³-hybridized carbons (Fsp3) is 0.900. The summed E-state index contributed by atoms with van der Waals surface area (Å²) in [7, 11) is 0. The van der Waals surface area contributed by atoms with E-state index in [1.165, 1.54) is 0 Å². The standard InChI is InChI=1S/C10H15F3N2/c11-10(12,13)4-6-15-5-2-1-3-9(7-14)8-15/h9H,1-6,8H2. The van der Waals surface area contributed by atoms with E-state index in [1.807, 2.05) is 0 Å².